The van der Waals surface area contributed by atoms with Crippen LogP contribution in [0.1, 0.15) is 27.9 Å². The molecular weight excluding hydrogens is 320 g/mol. The number of β-amino-alcohol motifs (C(OH)–C–C–N with tert-alkyl or cyclic N) is 1. The zero-order valence-electron chi connectivity index (χ0n) is 14.2. The smallest absolute Gasteiger partial charge is 0.254 e. The average Bonchev–Trinajstić information content (AvgIpc) is 3.13. The standard InChI is InChI=1S/C19H24N2O2S/c1-15-11-24-12-17(15)18(22)20(2)13-19(23)8-9-21(14-19)10-16-6-4-3-5-7-16/h3-7,11-12,23H,8-10,13-14H2,1-2H3. The molecule has 0 aliphatic carbocycles. The zero-order chi connectivity index (χ0) is 17.2. The SMILES string of the molecule is Cc1cscc1C(=O)N(C)CC1(O)CCN(Cc2ccccc2)C1. The summed E-state index contributed by atoms with van der Waals surface area (Å²) in [4.78, 5) is 16.4. The van der Waals surface area contributed by atoms with Gasteiger partial charge in [-0.2, -0.15) is 11.3 Å². The summed E-state index contributed by atoms with van der Waals surface area (Å²) in [6.07, 6.45) is 0.695. The Bertz CT molecular complexity index is 700. The van der Waals surface area contributed by atoms with E-state index in [-0.39, 0.29) is 5.91 Å². The van der Waals surface area contributed by atoms with E-state index in [0.29, 0.717) is 19.5 Å². The number of hydrogen-bond donors (Lipinski definition) is 1. The van der Waals surface area contributed by atoms with Gasteiger partial charge in [-0.25, -0.2) is 0 Å². The lowest BCUT2D eigenvalue weighted by Gasteiger charge is -2.29. The molecular formula is C19H24N2O2S. The first-order valence-electron chi connectivity index (χ1n) is 8.24. The molecule has 128 valence electrons. The second kappa shape index (κ2) is 7.05. The molecule has 24 heavy (non-hydrogen) atoms. The molecule has 1 fully saturated rings. The van der Waals surface area contributed by atoms with Gasteiger partial charge in [0.25, 0.3) is 5.91 Å². The van der Waals surface area contributed by atoms with Gasteiger partial charge in [-0.1, -0.05) is 30.3 Å². The van der Waals surface area contributed by atoms with E-state index >= 15 is 0 Å². The third-order valence-electron chi connectivity index (χ3n) is 4.62. The van der Waals surface area contributed by atoms with Crippen LogP contribution in [0.3, 0.4) is 0 Å². The largest absolute Gasteiger partial charge is 0.387 e. The van der Waals surface area contributed by atoms with Crippen LogP contribution in [0.5, 0.6) is 0 Å². The third-order valence-corrected chi connectivity index (χ3v) is 5.49. The number of likely N-dealkylation sites (N-methyl/N-ethyl adjacent to an activating group) is 1. The Balaban J connectivity index is 1.59. The van der Waals surface area contributed by atoms with Gasteiger partial charge in [-0.3, -0.25) is 9.69 Å². The molecule has 1 amide bonds. The van der Waals surface area contributed by atoms with Crippen LogP contribution in [0.4, 0.5) is 0 Å². The highest BCUT2D eigenvalue weighted by atomic mass is 32.1. The Morgan fingerprint density at radius 1 is 1.33 bits per heavy atom. The number of amides is 1. The molecule has 1 aliphatic rings. The number of carbonyl (C=O) groups is 1. The van der Waals surface area contributed by atoms with Gasteiger partial charge in [0, 0.05) is 32.1 Å². The van der Waals surface area contributed by atoms with Crippen LogP contribution in [-0.2, 0) is 6.54 Å². The Morgan fingerprint density at radius 3 is 2.75 bits per heavy atom. The summed E-state index contributed by atoms with van der Waals surface area (Å²) in [6, 6.07) is 10.3. The van der Waals surface area contributed by atoms with Crippen LogP contribution in [0.2, 0.25) is 0 Å². The van der Waals surface area contributed by atoms with Crippen LogP contribution < -0.4 is 0 Å². The maximum Gasteiger partial charge on any atom is 0.254 e. The fourth-order valence-corrected chi connectivity index (χ4v) is 4.17. The molecule has 2 aromatic rings. The minimum Gasteiger partial charge on any atom is -0.387 e. The number of rotatable bonds is 5. The van der Waals surface area contributed by atoms with Crippen LogP contribution in [0, 0.1) is 6.92 Å². The third kappa shape index (κ3) is 3.86. The van der Waals surface area contributed by atoms with E-state index in [2.05, 4.69) is 17.0 Å². The summed E-state index contributed by atoms with van der Waals surface area (Å²) in [6.45, 7) is 4.60. The van der Waals surface area contributed by atoms with Crippen molar-refractivity contribution in [2.45, 2.75) is 25.5 Å². The zero-order valence-corrected chi connectivity index (χ0v) is 15.1. The van der Waals surface area contributed by atoms with Crippen molar-refractivity contribution in [3.8, 4) is 0 Å². The van der Waals surface area contributed by atoms with E-state index in [1.807, 2.05) is 35.9 Å². The maximum atomic E-state index is 12.5. The molecule has 1 atom stereocenters. The van der Waals surface area contributed by atoms with E-state index in [1.165, 1.54) is 16.9 Å². The molecule has 1 saturated heterocycles. The Morgan fingerprint density at radius 2 is 2.08 bits per heavy atom. The molecule has 1 aromatic heterocycles. The van der Waals surface area contributed by atoms with Crippen molar-refractivity contribution >= 4 is 17.2 Å². The van der Waals surface area contributed by atoms with Gasteiger partial charge in [0.15, 0.2) is 0 Å². The Hall–Kier alpha value is -1.69. The average molecular weight is 344 g/mol. The van der Waals surface area contributed by atoms with Gasteiger partial charge in [0.2, 0.25) is 0 Å². The quantitative estimate of drug-likeness (QED) is 0.907. The lowest BCUT2D eigenvalue weighted by Crippen LogP contribution is -2.45. The predicted molar refractivity (Wildman–Crippen MR) is 97.3 cm³/mol. The number of aliphatic hydroxyl groups is 1. The molecule has 3 rings (SSSR count). The van der Waals surface area contributed by atoms with Gasteiger partial charge >= 0.3 is 0 Å². The lowest BCUT2D eigenvalue weighted by atomic mass is 10.0. The second-order valence-corrected chi connectivity index (χ2v) is 7.54. The highest BCUT2D eigenvalue weighted by molar-refractivity contribution is 7.08. The molecule has 5 heteroatoms. The van der Waals surface area contributed by atoms with Crippen molar-refractivity contribution in [1.82, 2.24) is 9.80 Å². The highest BCUT2D eigenvalue weighted by Gasteiger charge is 2.38. The number of hydrogen-bond acceptors (Lipinski definition) is 4. The van der Waals surface area contributed by atoms with Crippen molar-refractivity contribution in [1.29, 1.82) is 0 Å². The van der Waals surface area contributed by atoms with E-state index in [4.69, 9.17) is 0 Å². The van der Waals surface area contributed by atoms with E-state index < -0.39 is 5.60 Å². The summed E-state index contributed by atoms with van der Waals surface area (Å²) in [5.41, 5.74) is 2.16. The number of likely N-dealkylation sites (tertiary alicyclic amines) is 1. The van der Waals surface area contributed by atoms with Gasteiger partial charge in [-0.15, -0.1) is 0 Å². The molecule has 4 nitrogen and oxygen atoms in total. The topological polar surface area (TPSA) is 43.8 Å². The molecule has 1 aromatic carbocycles. The van der Waals surface area contributed by atoms with Gasteiger partial charge in [-0.05, 0) is 29.9 Å². The van der Waals surface area contributed by atoms with E-state index in [9.17, 15) is 9.90 Å². The van der Waals surface area contributed by atoms with Crippen molar-refractivity contribution < 1.29 is 9.90 Å². The first kappa shape index (κ1) is 17.1. The normalized spacial score (nSPS) is 21.1. The number of nitrogens with zero attached hydrogens (tertiary/aromatic N) is 2. The highest BCUT2D eigenvalue weighted by Crippen LogP contribution is 2.25. The van der Waals surface area contributed by atoms with Crippen molar-refractivity contribution in [3.63, 3.8) is 0 Å². The minimum atomic E-state index is -0.830. The summed E-state index contributed by atoms with van der Waals surface area (Å²) in [5.74, 6) is -0.0105. The van der Waals surface area contributed by atoms with Crippen LogP contribution >= 0.6 is 11.3 Å². The summed E-state index contributed by atoms with van der Waals surface area (Å²) in [7, 11) is 1.78. The molecule has 0 spiro atoms. The molecule has 1 N–H and O–H groups in total. The fourth-order valence-electron chi connectivity index (χ4n) is 3.34. The lowest BCUT2D eigenvalue weighted by molar-refractivity contribution is 0.0170. The summed E-state index contributed by atoms with van der Waals surface area (Å²) >= 11 is 1.54. The summed E-state index contributed by atoms with van der Waals surface area (Å²) in [5, 5.41) is 14.8. The molecule has 2 heterocycles. The second-order valence-electron chi connectivity index (χ2n) is 6.80. The number of aryl methyl sites for hydroxylation is 1. The van der Waals surface area contributed by atoms with Crippen LogP contribution in [0.25, 0.3) is 0 Å². The molecule has 0 bridgehead atoms. The molecule has 0 saturated carbocycles. The first-order chi connectivity index (χ1) is 11.5. The Labute approximate surface area is 147 Å². The number of carbonyl (C=O) groups excluding carboxylic acids is 1. The first-order valence-corrected chi connectivity index (χ1v) is 9.18. The van der Waals surface area contributed by atoms with Crippen LogP contribution in [0.15, 0.2) is 41.1 Å². The van der Waals surface area contributed by atoms with Crippen molar-refractivity contribution in [3.05, 3.63) is 57.8 Å². The van der Waals surface area contributed by atoms with Gasteiger partial charge in [0.05, 0.1) is 17.7 Å². The van der Waals surface area contributed by atoms with Crippen LogP contribution in [-0.4, -0.2) is 53.1 Å². The minimum absolute atomic E-state index is 0.0105. The summed E-state index contributed by atoms with van der Waals surface area (Å²) < 4.78 is 0. The molecule has 1 aliphatic heterocycles. The Kier molecular flexibility index (Phi) is 5.04. The number of thiophene rings is 1. The maximum absolute atomic E-state index is 12.5. The fraction of sp³-hybridized carbons (Fsp3) is 0.421. The van der Waals surface area contributed by atoms with E-state index in [0.717, 1.165) is 24.2 Å². The van der Waals surface area contributed by atoms with Crippen molar-refractivity contribution in [2.75, 3.05) is 26.7 Å². The van der Waals surface area contributed by atoms with Crippen molar-refractivity contribution in [2.24, 2.45) is 0 Å². The van der Waals surface area contributed by atoms with Gasteiger partial charge < -0.3 is 10.0 Å². The molecule has 0 radical (unpaired) electrons. The monoisotopic (exact) mass is 344 g/mol. The molecule has 1 unspecified atom stereocenters. The van der Waals surface area contributed by atoms with Gasteiger partial charge in [0.1, 0.15) is 0 Å². The van der Waals surface area contributed by atoms with E-state index in [1.54, 1.807) is 11.9 Å². The predicted octanol–water partition coefficient (Wildman–Crippen LogP) is 2.77. The number of benzene rings is 1.